The molecule has 0 saturated carbocycles. The van der Waals surface area contributed by atoms with Crippen molar-refractivity contribution in [1.82, 2.24) is 10.2 Å². The van der Waals surface area contributed by atoms with Gasteiger partial charge in [-0.2, -0.15) is 0 Å². The number of nitrogens with zero attached hydrogens (tertiary/aromatic N) is 2. The van der Waals surface area contributed by atoms with Crippen molar-refractivity contribution >= 4 is 55.9 Å². The van der Waals surface area contributed by atoms with E-state index in [1.54, 1.807) is 19.1 Å². The zero-order valence-electron chi connectivity index (χ0n) is 14.2. The molecule has 2 amide bonds. The number of anilines is 2. The molecule has 0 fully saturated rings. The summed E-state index contributed by atoms with van der Waals surface area (Å²) in [6, 6.07) is 5.34. The van der Waals surface area contributed by atoms with E-state index in [0.717, 1.165) is 15.0 Å². The Morgan fingerprint density at radius 3 is 2.54 bits per heavy atom. The quantitative estimate of drug-likeness (QED) is 0.640. The Kier molecular flexibility index (Phi) is 7.22. The summed E-state index contributed by atoms with van der Waals surface area (Å²) in [5, 5.41) is 13.8. The first-order valence-electron chi connectivity index (χ1n) is 7.65. The predicted molar refractivity (Wildman–Crippen MR) is 101 cm³/mol. The number of carbonyl (C=O) groups excluding carboxylic acids is 3. The van der Waals surface area contributed by atoms with Gasteiger partial charge in [-0.1, -0.05) is 27.3 Å². The number of esters is 1. The van der Waals surface area contributed by atoms with Gasteiger partial charge in [-0.25, -0.2) is 0 Å². The number of amides is 2. The number of nitrogens with one attached hydrogen (secondary N) is 2. The van der Waals surface area contributed by atoms with Crippen molar-refractivity contribution < 1.29 is 19.1 Å². The minimum atomic E-state index is -0.629. The topological polar surface area (TPSA) is 110 Å². The minimum Gasteiger partial charge on any atom is -0.456 e. The van der Waals surface area contributed by atoms with E-state index in [4.69, 9.17) is 4.74 Å². The van der Waals surface area contributed by atoms with Crippen molar-refractivity contribution in [3.63, 3.8) is 0 Å². The lowest BCUT2D eigenvalue weighted by Crippen LogP contribution is -2.21. The van der Waals surface area contributed by atoms with E-state index >= 15 is 0 Å². The second-order valence-electron chi connectivity index (χ2n) is 5.35. The highest BCUT2D eigenvalue weighted by Crippen LogP contribution is 2.20. The van der Waals surface area contributed by atoms with Gasteiger partial charge >= 0.3 is 5.97 Å². The molecule has 26 heavy (non-hydrogen) atoms. The van der Waals surface area contributed by atoms with Crippen LogP contribution in [0.5, 0.6) is 0 Å². The van der Waals surface area contributed by atoms with E-state index < -0.39 is 18.5 Å². The maximum Gasteiger partial charge on any atom is 0.306 e. The molecule has 0 aliphatic carbocycles. The number of hydrogen-bond acceptors (Lipinski definition) is 7. The molecule has 1 aromatic heterocycles. The Morgan fingerprint density at radius 1 is 1.12 bits per heavy atom. The van der Waals surface area contributed by atoms with E-state index in [9.17, 15) is 14.4 Å². The molecule has 1 aromatic carbocycles. The van der Waals surface area contributed by atoms with Gasteiger partial charge in [0.1, 0.15) is 5.01 Å². The monoisotopic (exact) mass is 440 g/mol. The largest absolute Gasteiger partial charge is 0.456 e. The van der Waals surface area contributed by atoms with Crippen LogP contribution in [0.15, 0.2) is 22.7 Å². The third-order valence-corrected chi connectivity index (χ3v) is 4.78. The van der Waals surface area contributed by atoms with E-state index in [0.29, 0.717) is 10.8 Å². The average molecular weight is 441 g/mol. The molecule has 0 unspecified atom stereocenters. The number of carbonyl (C=O) groups is 3. The van der Waals surface area contributed by atoms with Crippen LogP contribution in [0.4, 0.5) is 10.8 Å². The molecule has 1 heterocycles. The van der Waals surface area contributed by atoms with Gasteiger partial charge in [-0.3, -0.25) is 14.4 Å². The van der Waals surface area contributed by atoms with Crippen LogP contribution in [-0.4, -0.2) is 34.6 Å². The van der Waals surface area contributed by atoms with Gasteiger partial charge in [0.05, 0.1) is 6.42 Å². The summed E-state index contributed by atoms with van der Waals surface area (Å²) in [5.41, 5.74) is 1.58. The van der Waals surface area contributed by atoms with Crippen molar-refractivity contribution in [3.8, 4) is 0 Å². The van der Waals surface area contributed by atoms with Crippen LogP contribution >= 0.6 is 27.3 Å². The van der Waals surface area contributed by atoms with E-state index in [1.165, 1.54) is 11.3 Å². The maximum absolute atomic E-state index is 11.8. The van der Waals surface area contributed by atoms with Crippen LogP contribution in [-0.2, 0) is 19.1 Å². The third kappa shape index (κ3) is 6.52. The number of halogens is 1. The first kappa shape index (κ1) is 20.0. The summed E-state index contributed by atoms with van der Waals surface area (Å²) in [7, 11) is 0. The fraction of sp³-hybridized carbons (Fsp3) is 0.312. The van der Waals surface area contributed by atoms with Crippen molar-refractivity contribution in [2.45, 2.75) is 26.7 Å². The second kappa shape index (κ2) is 9.39. The van der Waals surface area contributed by atoms with Crippen LogP contribution in [0.1, 0.15) is 23.4 Å². The van der Waals surface area contributed by atoms with Gasteiger partial charge in [0, 0.05) is 16.6 Å². The molecule has 0 aliphatic heterocycles. The van der Waals surface area contributed by atoms with Gasteiger partial charge in [-0.05, 0) is 37.6 Å². The smallest absolute Gasteiger partial charge is 0.306 e. The molecule has 8 nitrogen and oxygen atoms in total. The molecule has 0 bridgehead atoms. The highest BCUT2D eigenvalue weighted by Gasteiger charge is 2.12. The fourth-order valence-electron chi connectivity index (χ4n) is 1.88. The second-order valence-corrected chi connectivity index (χ2v) is 7.38. The highest BCUT2D eigenvalue weighted by molar-refractivity contribution is 9.10. The Labute approximate surface area is 162 Å². The molecule has 2 aromatic rings. The summed E-state index contributed by atoms with van der Waals surface area (Å²) in [4.78, 5) is 35.1. The normalized spacial score (nSPS) is 10.3. The Balaban J connectivity index is 1.68. The standard InChI is InChI=1S/C16H17BrN4O4S/c1-9-7-11(3-4-12(9)17)18-14(23)8-25-15(24)6-5-13(22)19-16-21-20-10(2)26-16/h3-4,7H,5-6,8H2,1-2H3,(H,18,23)(H,19,21,22). The SMILES string of the molecule is Cc1nnc(NC(=O)CCC(=O)OCC(=O)Nc2ccc(Br)c(C)c2)s1. The third-order valence-electron chi connectivity index (χ3n) is 3.13. The first-order chi connectivity index (χ1) is 12.3. The number of aryl methyl sites for hydroxylation is 2. The van der Waals surface area contributed by atoms with Crippen molar-refractivity contribution in [1.29, 1.82) is 0 Å². The summed E-state index contributed by atoms with van der Waals surface area (Å²) in [6.07, 6.45) is -0.195. The molecular formula is C16H17BrN4O4S. The molecule has 0 aliphatic rings. The zero-order chi connectivity index (χ0) is 19.1. The summed E-state index contributed by atoms with van der Waals surface area (Å²) >= 11 is 4.62. The molecular weight excluding hydrogens is 424 g/mol. The maximum atomic E-state index is 11.8. The van der Waals surface area contributed by atoms with E-state index in [1.807, 2.05) is 13.0 Å². The van der Waals surface area contributed by atoms with E-state index in [-0.39, 0.29) is 18.7 Å². The summed E-state index contributed by atoms with van der Waals surface area (Å²) < 4.78 is 5.80. The minimum absolute atomic E-state index is 0.0645. The molecule has 10 heteroatoms. The lowest BCUT2D eigenvalue weighted by Gasteiger charge is -2.08. The van der Waals surface area contributed by atoms with Crippen LogP contribution in [0, 0.1) is 13.8 Å². The van der Waals surface area contributed by atoms with Crippen molar-refractivity contribution in [2.75, 3.05) is 17.2 Å². The van der Waals surface area contributed by atoms with Crippen LogP contribution < -0.4 is 10.6 Å². The lowest BCUT2D eigenvalue weighted by atomic mass is 10.2. The molecule has 0 spiro atoms. The zero-order valence-corrected chi connectivity index (χ0v) is 16.6. The number of ether oxygens (including phenoxy) is 1. The van der Waals surface area contributed by atoms with Crippen LogP contribution in [0.25, 0.3) is 0 Å². The highest BCUT2D eigenvalue weighted by atomic mass is 79.9. The Hall–Kier alpha value is -2.33. The van der Waals surface area contributed by atoms with Gasteiger partial charge in [0.15, 0.2) is 6.61 Å². The molecule has 138 valence electrons. The molecule has 2 rings (SSSR count). The van der Waals surface area contributed by atoms with Gasteiger partial charge in [-0.15, -0.1) is 10.2 Å². The van der Waals surface area contributed by atoms with Crippen molar-refractivity contribution in [3.05, 3.63) is 33.2 Å². The van der Waals surface area contributed by atoms with Crippen LogP contribution in [0.2, 0.25) is 0 Å². The van der Waals surface area contributed by atoms with Crippen molar-refractivity contribution in [2.24, 2.45) is 0 Å². The summed E-state index contributed by atoms with van der Waals surface area (Å²) in [5.74, 6) is -1.45. The number of benzene rings is 1. The average Bonchev–Trinajstić information content (AvgIpc) is 2.99. The number of aromatic nitrogens is 2. The fourth-order valence-corrected chi connectivity index (χ4v) is 2.74. The molecule has 0 radical (unpaired) electrons. The Morgan fingerprint density at radius 2 is 1.88 bits per heavy atom. The van der Waals surface area contributed by atoms with Gasteiger partial charge in [0.25, 0.3) is 5.91 Å². The van der Waals surface area contributed by atoms with Crippen LogP contribution in [0.3, 0.4) is 0 Å². The molecule has 0 saturated heterocycles. The predicted octanol–water partition coefficient (Wildman–Crippen LogP) is 2.82. The van der Waals surface area contributed by atoms with Gasteiger partial charge < -0.3 is 15.4 Å². The van der Waals surface area contributed by atoms with E-state index in [2.05, 4.69) is 36.8 Å². The lowest BCUT2D eigenvalue weighted by molar-refractivity contribution is -0.147. The number of rotatable bonds is 7. The summed E-state index contributed by atoms with van der Waals surface area (Å²) in [6.45, 7) is 3.25. The molecule has 2 N–H and O–H groups in total. The Bertz CT molecular complexity index is 824. The number of hydrogen-bond donors (Lipinski definition) is 2. The van der Waals surface area contributed by atoms with Gasteiger partial charge in [0.2, 0.25) is 11.0 Å². The molecule has 0 atom stereocenters. The first-order valence-corrected chi connectivity index (χ1v) is 9.26.